The average molecular weight is 409 g/mol. The Hall–Kier alpha value is -2.77. The maximum absolute atomic E-state index is 12.6. The van der Waals surface area contributed by atoms with Gasteiger partial charge >= 0.3 is 0 Å². The molecule has 0 bridgehead atoms. The summed E-state index contributed by atoms with van der Waals surface area (Å²) in [6.07, 6.45) is 2.09. The van der Waals surface area contributed by atoms with Gasteiger partial charge in [0.25, 0.3) is 5.91 Å². The number of aromatic nitrogens is 1. The van der Waals surface area contributed by atoms with Gasteiger partial charge in [-0.3, -0.25) is 14.5 Å². The van der Waals surface area contributed by atoms with Crippen molar-refractivity contribution in [2.24, 2.45) is 0 Å². The lowest BCUT2D eigenvalue weighted by Crippen LogP contribution is -2.32. The molecule has 0 unspecified atom stereocenters. The molecule has 1 fully saturated rings. The Bertz CT molecular complexity index is 996. The van der Waals surface area contributed by atoms with E-state index in [0.717, 1.165) is 29.9 Å². The van der Waals surface area contributed by atoms with Crippen LogP contribution in [0.1, 0.15) is 34.2 Å². The largest absolute Gasteiger partial charge is 0.345 e. The molecule has 4 rings (SSSR count). The number of likely N-dealkylation sites (tertiary alicyclic amines) is 1. The third-order valence-electron chi connectivity index (χ3n) is 5.13. The Morgan fingerprint density at radius 3 is 2.66 bits per heavy atom. The second-order valence-electron chi connectivity index (χ2n) is 7.47. The maximum atomic E-state index is 12.6. The maximum Gasteiger partial charge on any atom is 0.253 e. The molecule has 2 aromatic carbocycles. The number of benzene rings is 2. The van der Waals surface area contributed by atoms with E-state index in [1.54, 1.807) is 49.7 Å². The van der Waals surface area contributed by atoms with Crippen molar-refractivity contribution >= 4 is 39.1 Å². The standard InChI is InChI=1S/C22H24N4O2S/c1-25(2)22(28)15-9-11-16(12-10-15)23-20(27)14-26-13-5-7-18(26)21-24-17-6-3-4-8-19(17)29-21/h3-4,6,8-12,18H,5,7,13-14H2,1-2H3,(H,23,27)/t18-/m0/s1. The van der Waals surface area contributed by atoms with Gasteiger partial charge in [-0.05, 0) is 55.8 Å². The summed E-state index contributed by atoms with van der Waals surface area (Å²) in [5.74, 6) is -0.108. The van der Waals surface area contributed by atoms with Gasteiger partial charge < -0.3 is 10.2 Å². The van der Waals surface area contributed by atoms with Crippen LogP contribution in [0.2, 0.25) is 0 Å². The number of para-hydroxylation sites is 1. The molecule has 29 heavy (non-hydrogen) atoms. The number of anilines is 1. The topological polar surface area (TPSA) is 65.5 Å². The van der Waals surface area contributed by atoms with Crippen molar-refractivity contribution in [3.8, 4) is 0 Å². The van der Waals surface area contributed by atoms with Gasteiger partial charge in [0.2, 0.25) is 5.91 Å². The van der Waals surface area contributed by atoms with E-state index in [-0.39, 0.29) is 17.9 Å². The van der Waals surface area contributed by atoms with Crippen molar-refractivity contribution in [3.63, 3.8) is 0 Å². The molecule has 2 amide bonds. The van der Waals surface area contributed by atoms with E-state index in [9.17, 15) is 9.59 Å². The zero-order valence-corrected chi connectivity index (χ0v) is 17.4. The quantitative estimate of drug-likeness (QED) is 0.698. The summed E-state index contributed by atoms with van der Waals surface area (Å²) >= 11 is 1.72. The van der Waals surface area contributed by atoms with Gasteiger partial charge in [0.15, 0.2) is 0 Å². The number of fused-ring (bicyclic) bond motifs is 1. The second-order valence-corrected chi connectivity index (χ2v) is 8.54. The van der Waals surface area contributed by atoms with Gasteiger partial charge in [-0.25, -0.2) is 4.98 Å². The highest BCUT2D eigenvalue weighted by atomic mass is 32.1. The highest BCUT2D eigenvalue weighted by molar-refractivity contribution is 7.18. The molecule has 0 aliphatic carbocycles. The number of nitrogens with zero attached hydrogens (tertiary/aromatic N) is 3. The molecule has 3 aromatic rings. The molecule has 1 atom stereocenters. The van der Waals surface area contributed by atoms with Crippen LogP contribution in [0.3, 0.4) is 0 Å². The number of hydrogen-bond acceptors (Lipinski definition) is 5. The first-order valence-electron chi connectivity index (χ1n) is 9.72. The van der Waals surface area contributed by atoms with Crippen molar-refractivity contribution in [2.75, 3.05) is 32.5 Å². The van der Waals surface area contributed by atoms with Crippen LogP contribution in [0.5, 0.6) is 0 Å². The molecule has 2 heterocycles. The van der Waals surface area contributed by atoms with E-state index < -0.39 is 0 Å². The molecule has 7 heteroatoms. The van der Waals surface area contributed by atoms with Crippen LogP contribution in [-0.4, -0.2) is 53.8 Å². The average Bonchev–Trinajstić information content (AvgIpc) is 3.34. The fourth-order valence-electron chi connectivity index (χ4n) is 3.67. The minimum Gasteiger partial charge on any atom is -0.345 e. The summed E-state index contributed by atoms with van der Waals surface area (Å²) in [7, 11) is 3.44. The van der Waals surface area contributed by atoms with E-state index in [4.69, 9.17) is 4.98 Å². The third-order valence-corrected chi connectivity index (χ3v) is 6.27. The van der Waals surface area contributed by atoms with E-state index in [1.165, 1.54) is 9.60 Å². The Morgan fingerprint density at radius 2 is 1.93 bits per heavy atom. The van der Waals surface area contributed by atoms with E-state index in [2.05, 4.69) is 16.3 Å². The number of hydrogen-bond donors (Lipinski definition) is 1. The number of rotatable bonds is 5. The second kappa shape index (κ2) is 8.31. The minimum atomic E-state index is -0.0568. The summed E-state index contributed by atoms with van der Waals surface area (Å²) in [4.78, 5) is 33.1. The van der Waals surface area contributed by atoms with Gasteiger partial charge in [0, 0.05) is 25.3 Å². The number of nitrogens with one attached hydrogen (secondary N) is 1. The first kappa shape index (κ1) is 19.5. The highest BCUT2D eigenvalue weighted by Gasteiger charge is 2.30. The van der Waals surface area contributed by atoms with Crippen LogP contribution in [0.25, 0.3) is 10.2 Å². The molecule has 0 saturated carbocycles. The summed E-state index contributed by atoms with van der Waals surface area (Å²) in [6.45, 7) is 1.23. The van der Waals surface area contributed by atoms with Crippen LogP contribution >= 0.6 is 11.3 Å². The molecule has 6 nitrogen and oxygen atoms in total. The van der Waals surface area contributed by atoms with Crippen molar-refractivity contribution < 1.29 is 9.59 Å². The SMILES string of the molecule is CN(C)C(=O)c1ccc(NC(=O)CN2CCC[C@H]2c2nc3ccccc3s2)cc1. The molecular formula is C22H24N4O2S. The Morgan fingerprint density at radius 1 is 1.17 bits per heavy atom. The van der Waals surface area contributed by atoms with Gasteiger partial charge in [-0.1, -0.05) is 12.1 Å². The van der Waals surface area contributed by atoms with Crippen LogP contribution in [0, 0.1) is 0 Å². The lowest BCUT2D eigenvalue weighted by atomic mass is 10.2. The van der Waals surface area contributed by atoms with Gasteiger partial charge in [0.05, 0.1) is 22.8 Å². The molecule has 1 N–H and O–H groups in total. The fraction of sp³-hybridized carbons (Fsp3) is 0.318. The van der Waals surface area contributed by atoms with Crippen molar-refractivity contribution in [3.05, 3.63) is 59.1 Å². The zero-order valence-electron chi connectivity index (χ0n) is 16.6. The number of amides is 2. The van der Waals surface area contributed by atoms with Gasteiger partial charge in [-0.2, -0.15) is 0 Å². The number of carbonyl (C=O) groups excluding carboxylic acids is 2. The predicted octanol–water partition coefficient (Wildman–Crippen LogP) is 3.77. The van der Waals surface area contributed by atoms with E-state index >= 15 is 0 Å². The summed E-state index contributed by atoms with van der Waals surface area (Å²) in [5, 5.41) is 4.03. The van der Waals surface area contributed by atoms with Crippen molar-refractivity contribution in [1.82, 2.24) is 14.8 Å². The van der Waals surface area contributed by atoms with Crippen LogP contribution in [-0.2, 0) is 4.79 Å². The highest BCUT2D eigenvalue weighted by Crippen LogP contribution is 2.36. The molecule has 1 aromatic heterocycles. The number of thiazole rings is 1. The first-order valence-corrected chi connectivity index (χ1v) is 10.5. The fourth-order valence-corrected chi connectivity index (χ4v) is 4.80. The van der Waals surface area contributed by atoms with Crippen molar-refractivity contribution in [2.45, 2.75) is 18.9 Å². The molecule has 0 spiro atoms. The molecule has 1 aliphatic rings. The van der Waals surface area contributed by atoms with E-state index in [0.29, 0.717) is 17.8 Å². The third kappa shape index (κ3) is 4.31. The molecular weight excluding hydrogens is 384 g/mol. The lowest BCUT2D eigenvalue weighted by Gasteiger charge is -2.22. The summed E-state index contributed by atoms with van der Waals surface area (Å²) in [6, 6.07) is 15.4. The molecule has 0 radical (unpaired) electrons. The Kier molecular flexibility index (Phi) is 5.60. The normalized spacial score (nSPS) is 16.8. The molecule has 1 saturated heterocycles. The Balaban J connectivity index is 1.40. The van der Waals surface area contributed by atoms with Crippen molar-refractivity contribution in [1.29, 1.82) is 0 Å². The number of carbonyl (C=O) groups is 2. The molecule has 1 aliphatic heterocycles. The van der Waals surface area contributed by atoms with Gasteiger partial charge in [-0.15, -0.1) is 11.3 Å². The lowest BCUT2D eigenvalue weighted by molar-refractivity contribution is -0.117. The predicted molar refractivity (Wildman–Crippen MR) is 116 cm³/mol. The molecule has 150 valence electrons. The van der Waals surface area contributed by atoms with Crippen LogP contribution in [0.4, 0.5) is 5.69 Å². The summed E-state index contributed by atoms with van der Waals surface area (Å²) < 4.78 is 1.19. The van der Waals surface area contributed by atoms with Crippen LogP contribution in [0.15, 0.2) is 48.5 Å². The smallest absolute Gasteiger partial charge is 0.253 e. The minimum absolute atomic E-state index is 0.0512. The monoisotopic (exact) mass is 408 g/mol. The zero-order chi connectivity index (χ0) is 20.4. The van der Waals surface area contributed by atoms with Crippen LogP contribution < -0.4 is 5.32 Å². The van der Waals surface area contributed by atoms with Gasteiger partial charge in [0.1, 0.15) is 5.01 Å². The summed E-state index contributed by atoms with van der Waals surface area (Å²) in [5.41, 5.74) is 2.32. The van der Waals surface area contributed by atoms with E-state index in [1.807, 2.05) is 18.2 Å². The Labute approximate surface area is 174 Å². The first-order chi connectivity index (χ1) is 14.0.